The Kier molecular flexibility index (Phi) is 5.71. The van der Waals surface area contributed by atoms with E-state index in [4.69, 9.17) is 14.7 Å². The van der Waals surface area contributed by atoms with Gasteiger partial charge in [-0.2, -0.15) is 0 Å². The summed E-state index contributed by atoms with van der Waals surface area (Å²) in [6.45, 7) is 2.48. The van der Waals surface area contributed by atoms with E-state index in [9.17, 15) is 9.18 Å². The zero-order valence-corrected chi connectivity index (χ0v) is 18.9. The van der Waals surface area contributed by atoms with Crippen LogP contribution in [0.15, 0.2) is 66.7 Å². The second kappa shape index (κ2) is 8.97. The number of amides is 1. The highest BCUT2D eigenvalue weighted by Gasteiger charge is 2.20. The Morgan fingerprint density at radius 2 is 1.88 bits per heavy atom. The molecule has 0 fully saturated rings. The normalized spacial score (nSPS) is 12.2. The standard InChI is InChI=1S/C26H24FN5O2/c1-16(24-29-19-8-4-5-9-20(19)30-24)25-31-21-12-11-17(15-22(21)32(25)2)26(33)28-13-14-34-23-10-6-3-7-18(23)27/h3-12,15-16H,13-14H2,1-2H3,(H,28,33)(H,29,30). The van der Waals surface area contributed by atoms with Crippen LogP contribution in [0.2, 0.25) is 0 Å². The number of H-pyrrole nitrogens is 1. The van der Waals surface area contributed by atoms with E-state index in [1.807, 2.05) is 48.0 Å². The maximum atomic E-state index is 13.6. The summed E-state index contributed by atoms with van der Waals surface area (Å²) in [5, 5.41) is 2.81. The van der Waals surface area contributed by atoms with Crippen molar-refractivity contribution < 1.29 is 13.9 Å². The fourth-order valence-corrected chi connectivity index (χ4v) is 4.03. The van der Waals surface area contributed by atoms with Crippen molar-refractivity contribution in [3.05, 3.63) is 89.8 Å². The highest BCUT2D eigenvalue weighted by molar-refractivity contribution is 5.97. The predicted molar refractivity (Wildman–Crippen MR) is 129 cm³/mol. The minimum Gasteiger partial charge on any atom is -0.489 e. The predicted octanol–water partition coefficient (Wildman–Crippen LogP) is 4.55. The number of nitrogens with one attached hydrogen (secondary N) is 2. The van der Waals surface area contributed by atoms with Crippen LogP contribution in [0.25, 0.3) is 22.1 Å². The Morgan fingerprint density at radius 3 is 2.71 bits per heavy atom. The number of hydrogen-bond donors (Lipinski definition) is 2. The molecule has 8 heteroatoms. The number of rotatable bonds is 7. The van der Waals surface area contributed by atoms with Crippen molar-refractivity contribution >= 4 is 28.0 Å². The molecule has 2 aromatic heterocycles. The van der Waals surface area contributed by atoms with E-state index in [2.05, 4.69) is 17.2 Å². The molecule has 1 atom stereocenters. The van der Waals surface area contributed by atoms with Gasteiger partial charge in [-0.05, 0) is 49.4 Å². The second-order valence-corrected chi connectivity index (χ2v) is 8.13. The van der Waals surface area contributed by atoms with Crippen LogP contribution >= 0.6 is 0 Å². The van der Waals surface area contributed by atoms with Crippen molar-refractivity contribution in [1.29, 1.82) is 0 Å². The van der Waals surface area contributed by atoms with Crippen molar-refractivity contribution in [2.75, 3.05) is 13.2 Å². The molecule has 7 nitrogen and oxygen atoms in total. The number of carbonyl (C=O) groups is 1. The van der Waals surface area contributed by atoms with Gasteiger partial charge >= 0.3 is 0 Å². The van der Waals surface area contributed by atoms with Gasteiger partial charge < -0.3 is 19.6 Å². The highest BCUT2D eigenvalue weighted by atomic mass is 19.1. The van der Waals surface area contributed by atoms with Crippen molar-refractivity contribution in [3.63, 3.8) is 0 Å². The number of imidazole rings is 2. The van der Waals surface area contributed by atoms with E-state index in [1.165, 1.54) is 6.07 Å². The van der Waals surface area contributed by atoms with Crippen LogP contribution in [0, 0.1) is 5.82 Å². The number of aryl methyl sites for hydroxylation is 1. The first-order valence-corrected chi connectivity index (χ1v) is 11.1. The third-order valence-corrected chi connectivity index (χ3v) is 5.86. The molecule has 0 spiro atoms. The zero-order chi connectivity index (χ0) is 23.7. The van der Waals surface area contributed by atoms with Gasteiger partial charge in [-0.3, -0.25) is 4.79 Å². The largest absolute Gasteiger partial charge is 0.489 e. The molecule has 5 rings (SSSR count). The number of carbonyl (C=O) groups excluding carboxylic acids is 1. The lowest BCUT2D eigenvalue weighted by Gasteiger charge is -2.09. The van der Waals surface area contributed by atoms with Gasteiger partial charge in [0, 0.05) is 12.6 Å². The molecule has 0 radical (unpaired) electrons. The number of ether oxygens (including phenoxy) is 1. The number of halogens is 1. The molecule has 0 saturated heterocycles. The van der Waals surface area contributed by atoms with Gasteiger partial charge in [0.1, 0.15) is 18.3 Å². The lowest BCUT2D eigenvalue weighted by Crippen LogP contribution is -2.28. The number of aromatic amines is 1. The minimum atomic E-state index is -0.428. The van der Waals surface area contributed by atoms with Crippen LogP contribution in [0.5, 0.6) is 5.75 Å². The average Bonchev–Trinajstić information content (AvgIpc) is 3.43. The van der Waals surface area contributed by atoms with Crippen LogP contribution in [0.3, 0.4) is 0 Å². The molecule has 1 unspecified atom stereocenters. The van der Waals surface area contributed by atoms with Crippen LogP contribution in [0.1, 0.15) is 34.8 Å². The van der Waals surface area contributed by atoms with Crippen molar-refractivity contribution in [2.24, 2.45) is 7.05 Å². The molecule has 2 N–H and O–H groups in total. The summed E-state index contributed by atoms with van der Waals surface area (Å²) in [5.74, 6) is 1.14. The lowest BCUT2D eigenvalue weighted by atomic mass is 10.1. The number of para-hydroxylation sites is 3. The monoisotopic (exact) mass is 457 g/mol. The third-order valence-electron chi connectivity index (χ3n) is 5.86. The molecule has 0 saturated carbocycles. The minimum absolute atomic E-state index is 0.0578. The summed E-state index contributed by atoms with van der Waals surface area (Å²) in [4.78, 5) is 25.5. The summed E-state index contributed by atoms with van der Waals surface area (Å²) in [5.41, 5.74) is 4.08. The Morgan fingerprint density at radius 1 is 1.09 bits per heavy atom. The number of aromatic nitrogens is 4. The van der Waals surface area contributed by atoms with Crippen LogP contribution in [0.4, 0.5) is 4.39 Å². The second-order valence-electron chi connectivity index (χ2n) is 8.13. The van der Waals surface area contributed by atoms with Crippen molar-refractivity contribution in [3.8, 4) is 5.75 Å². The molecule has 2 heterocycles. The fourth-order valence-electron chi connectivity index (χ4n) is 4.03. The van der Waals surface area contributed by atoms with E-state index in [0.717, 1.165) is 33.7 Å². The Hall–Kier alpha value is -4.20. The molecule has 1 amide bonds. The van der Waals surface area contributed by atoms with Gasteiger partial charge in [-0.1, -0.05) is 24.3 Å². The van der Waals surface area contributed by atoms with Crippen LogP contribution in [-0.4, -0.2) is 38.6 Å². The maximum Gasteiger partial charge on any atom is 0.251 e. The molecule has 0 bridgehead atoms. The quantitative estimate of drug-likeness (QED) is 0.351. The molecule has 34 heavy (non-hydrogen) atoms. The molecule has 3 aromatic carbocycles. The van der Waals surface area contributed by atoms with Gasteiger partial charge in [0.25, 0.3) is 5.91 Å². The summed E-state index contributed by atoms with van der Waals surface area (Å²) in [7, 11) is 1.94. The van der Waals surface area contributed by atoms with Crippen LogP contribution in [-0.2, 0) is 7.05 Å². The van der Waals surface area contributed by atoms with E-state index in [-0.39, 0.29) is 30.7 Å². The molecular weight excluding hydrogens is 433 g/mol. The van der Waals surface area contributed by atoms with Crippen molar-refractivity contribution in [2.45, 2.75) is 12.8 Å². The highest BCUT2D eigenvalue weighted by Crippen LogP contribution is 2.27. The topological polar surface area (TPSA) is 84.8 Å². The van der Waals surface area contributed by atoms with Crippen LogP contribution < -0.4 is 10.1 Å². The first-order valence-electron chi connectivity index (χ1n) is 11.1. The Labute approximate surface area is 195 Å². The molecule has 172 valence electrons. The van der Waals surface area contributed by atoms with Crippen molar-refractivity contribution in [1.82, 2.24) is 24.8 Å². The summed E-state index contributed by atoms with van der Waals surface area (Å²) in [6.07, 6.45) is 0. The Balaban J connectivity index is 1.30. The van der Waals surface area contributed by atoms with E-state index in [0.29, 0.717) is 5.56 Å². The van der Waals surface area contributed by atoms with Gasteiger partial charge in [-0.15, -0.1) is 0 Å². The van der Waals surface area contributed by atoms with Gasteiger partial charge in [0.15, 0.2) is 11.6 Å². The molecule has 0 aliphatic heterocycles. The lowest BCUT2D eigenvalue weighted by molar-refractivity contribution is 0.0947. The summed E-state index contributed by atoms with van der Waals surface area (Å²) >= 11 is 0. The zero-order valence-electron chi connectivity index (χ0n) is 18.9. The molecule has 5 aromatic rings. The molecule has 0 aliphatic rings. The number of benzene rings is 3. The third kappa shape index (κ3) is 4.10. The van der Waals surface area contributed by atoms with Gasteiger partial charge in [0.2, 0.25) is 0 Å². The van der Waals surface area contributed by atoms with E-state index >= 15 is 0 Å². The number of hydrogen-bond acceptors (Lipinski definition) is 4. The summed E-state index contributed by atoms with van der Waals surface area (Å²) < 4.78 is 21.0. The van der Waals surface area contributed by atoms with E-state index in [1.54, 1.807) is 24.3 Å². The maximum absolute atomic E-state index is 13.6. The first-order chi connectivity index (χ1) is 16.5. The summed E-state index contributed by atoms with van der Waals surface area (Å²) in [6, 6.07) is 19.5. The number of nitrogens with zero attached hydrogens (tertiary/aromatic N) is 3. The smallest absolute Gasteiger partial charge is 0.251 e. The van der Waals surface area contributed by atoms with Gasteiger partial charge in [-0.25, -0.2) is 14.4 Å². The molecular formula is C26H24FN5O2. The first kappa shape index (κ1) is 21.6. The SMILES string of the molecule is CC(c1nc2ccccc2[nH]1)c1nc2ccc(C(=O)NCCOc3ccccc3F)cc2n1C. The van der Waals surface area contributed by atoms with E-state index < -0.39 is 5.82 Å². The van der Waals surface area contributed by atoms with Gasteiger partial charge in [0.05, 0.1) is 34.5 Å². The number of fused-ring (bicyclic) bond motifs is 2. The fraction of sp³-hybridized carbons (Fsp3) is 0.192. The molecule has 0 aliphatic carbocycles. The average molecular weight is 458 g/mol. The Bertz CT molecular complexity index is 1460.